The third kappa shape index (κ3) is 8.06. The Morgan fingerprint density at radius 3 is 2.48 bits per heavy atom. The average Bonchev–Trinajstić information content (AvgIpc) is 2.50. The maximum Gasteiger partial charge on any atom is 0.407 e. The van der Waals surface area contributed by atoms with Crippen LogP contribution in [0, 0.1) is 0 Å². The van der Waals surface area contributed by atoms with E-state index in [0.717, 1.165) is 12.0 Å². The molecule has 1 atom stereocenters. The highest BCUT2D eigenvalue weighted by Crippen LogP contribution is 2.18. The van der Waals surface area contributed by atoms with Gasteiger partial charge in [0.15, 0.2) is 0 Å². The molecule has 0 radical (unpaired) electrons. The van der Waals surface area contributed by atoms with Crippen LogP contribution in [0.2, 0.25) is 0 Å². The number of rotatable bonds is 8. The molecule has 128 valence electrons. The van der Waals surface area contributed by atoms with Gasteiger partial charge in [0.1, 0.15) is 5.60 Å². The quantitative estimate of drug-likeness (QED) is 0.583. The summed E-state index contributed by atoms with van der Waals surface area (Å²) in [6.07, 6.45) is -0.474. The predicted octanol–water partition coefficient (Wildman–Crippen LogP) is 1.75. The Morgan fingerprint density at radius 1 is 1.26 bits per heavy atom. The number of aryl methyl sites for hydroxylation is 1. The Labute approximate surface area is 135 Å². The molecule has 1 rings (SSSR count). The molecule has 0 heterocycles. The minimum atomic E-state index is -1.26. The number of ether oxygens (including phenoxy) is 1. The lowest BCUT2D eigenvalue weighted by atomic mass is 9.99. The minimum Gasteiger partial charge on any atom is -0.465 e. The summed E-state index contributed by atoms with van der Waals surface area (Å²) < 4.78 is 5.35. The minimum absolute atomic E-state index is 0.0452. The van der Waals surface area contributed by atoms with E-state index in [9.17, 15) is 9.59 Å². The monoisotopic (exact) mass is 324 g/mol. The van der Waals surface area contributed by atoms with Crippen molar-refractivity contribution in [3.05, 3.63) is 35.9 Å². The molecule has 1 aromatic carbocycles. The van der Waals surface area contributed by atoms with E-state index >= 15 is 0 Å². The number of carbonyl (C=O) groups is 2. The number of aliphatic hydroxyl groups is 1. The van der Waals surface area contributed by atoms with Crippen molar-refractivity contribution in [3.8, 4) is 0 Å². The molecule has 4 N–H and O–H groups in total. The first kappa shape index (κ1) is 18.8. The molecule has 7 nitrogen and oxygen atoms in total. The molecule has 0 aliphatic rings. The van der Waals surface area contributed by atoms with Crippen molar-refractivity contribution in [1.82, 2.24) is 10.6 Å². The van der Waals surface area contributed by atoms with Crippen LogP contribution in [0.15, 0.2) is 30.3 Å². The van der Waals surface area contributed by atoms with Crippen LogP contribution in [-0.2, 0) is 11.2 Å². The molecule has 0 aromatic heterocycles. The zero-order valence-electron chi connectivity index (χ0n) is 13.4. The fourth-order valence-electron chi connectivity index (χ4n) is 1.97. The fourth-order valence-corrected chi connectivity index (χ4v) is 1.97. The second-order valence-corrected chi connectivity index (χ2v) is 5.84. The van der Waals surface area contributed by atoms with E-state index in [0.29, 0.717) is 6.42 Å². The summed E-state index contributed by atoms with van der Waals surface area (Å²) in [6, 6.07) is 9.12. The molecule has 0 aliphatic carbocycles. The molecule has 0 bridgehead atoms. The molecule has 0 saturated carbocycles. The summed E-state index contributed by atoms with van der Waals surface area (Å²) in [4.78, 5) is 22.3. The highest BCUT2D eigenvalue weighted by atomic mass is 16.6. The number of amides is 2. The van der Waals surface area contributed by atoms with Crippen LogP contribution in [0.1, 0.15) is 25.8 Å². The van der Waals surface area contributed by atoms with Gasteiger partial charge in [0.05, 0.1) is 12.6 Å². The molecular formula is C16H24N2O5. The van der Waals surface area contributed by atoms with Gasteiger partial charge in [-0.25, -0.2) is 9.59 Å². The average molecular weight is 324 g/mol. The SMILES string of the molecule is CC(C)(CCc1ccccc1)OC(=O)NC[C@H](CO)NC(=O)O. The Bertz CT molecular complexity index is 504. The van der Waals surface area contributed by atoms with E-state index in [4.69, 9.17) is 14.9 Å². The van der Waals surface area contributed by atoms with E-state index in [-0.39, 0.29) is 6.54 Å². The van der Waals surface area contributed by atoms with Gasteiger partial charge in [-0.05, 0) is 32.3 Å². The van der Waals surface area contributed by atoms with Crippen LogP contribution in [0.5, 0.6) is 0 Å². The predicted molar refractivity (Wildman–Crippen MR) is 85.4 cm³/mol. The fraction of sp³-hybridized carbons (Fsp3) is 0.500. The maximum absolute atomic E-state index is 11.8. The van der Waals surface area contributed by atoms with Gasteiger partial charge in [0.25, 0.3) is 0 Å². The number of nitrogens with one attached hydrogen (secondary N) is 2. The van der Waals surface area contributed by atoms with Gasteiger partial charge in [-0.15, -0.1) is 0 Å². The lowest BCUT2D eigenvalue weighted by molar-refractivity contribution is 0.0322. The molecule has 2 amide bonds. The van der Waals surface area contributed by atoms with Crippen molar-refractivity contribution in [2.45, 2.75) is 38.3 Å². The summed E-state index contributed by atoms with van der Waals surface area (Å²) in [6.45, 7) is 3.17. The molecule has 7 heteroatoms. The van der Waals surface area contributed by atoms with Gasteiger partial charge in [-0.3, -0.25) is 0 Å². The van der Waals surface area contributed by atoms with Gasteiger partial charge in [-0.2, -0.15) is 0 Å². The van der Waals surface area contributed by atoms with E-state index in [2.05, 4.69) is 10.6 Å². The third-order valence-corrected chi connectivity index (χ3v) is 3.27. The second-order valence-electron chi connectivity index (χ2n) is 5.84. The zero-order chi connectivity index (χ0) is 17.3. The van der Waals surface area contributed by atoms with E-state index in [1.807, 2.05) is 44.2 Å². The standard InChI is InChI=1S/C16H24N2O5/c1-16(2,9-8-12-6-4-3-5-7-12)23-15(22)17-10-13(11-19)18-14(20)21/h3-7,13,18-19H,8-11H2,1-2H3,(H,17,22)(H,20,21)/t13-/m1/s1. The van der Waals surface area contributed by atoms with Crippen LogP contribution in [0.4, 0.5) is 9.59 Å². The number of aliphatic hydroxyl groups excluding tert-OH is 1. The molecule has 1 aromatic rings. The van der Waals surface area contributed by atoms with Gasteiger partial charge in [0.2, 0.25) is 0 Å². The van der Waals surface area contributed by atoms with E-state index in [1.54, 1.807) is 0 Å². The summed E-state index contributed by atoms with van der Waals surface area (Å²) in [5.41, 5.74) is 0.505. The van der Waals surface area contributed by atoms with Gasteiger partial charge < -0.3 is 25.6 Å². The maximum atomic E-state index is 11.8. The number of hydrogen-bond acceptors (Lipinski definition) is 4. The molecule has 0 saturated heterocycles. The molecule has 0 unspecified atom stereocenters. The number of benzene rings is 1. The zero-order valence-corrected chi connectivity index (χ0v) is 13.4. The van der Waals surface area contributed by atoms with Crippen LogP contribution >= 0.6 is 0 Å². The molecule has 23 heavy (non-hydrogen) atoms. The van der Waals surface area contributed by atoms with Gasteiger partial charge in [0, 0.05) is 6.54 Å². The third-order valence-electron chi connectivity index (χ3n) is 3.27. The molecule has 0 aliphatic heterocycles. The highest BCUT2D eigenvalue weighted by Gasteiger charge is 2.23. The molecule has 0 spiro atoms. The summed E-state index contributed by atoms with van der Waals surface area (Å²) in [7, 11) is 0. The number of alkyl carbamates (subject to hydrolysis) is 1. The van der Waals surface area contributed by atoms with Crippen molar-refractivity contribution >= 4 is 12.2 Å². The first-order chi connectivity index (χ1) is 10.8. The molecule has 0 fully saturated rings. The summed E-state index contributed by atoms with van der Waals surface area (Å²) >= 11 is 0. The van der Waals surface area contributed by atoms with Crippen molar-refractivity contribution < 1.29 is 24.5 Å². The van der Waals surface area contributed by atoms with Crippen LogP contribution in [0.3, 0.4) is 0 Å². The lowest BCUT2D eigenvalue weighted by Crippen LogP contribution is -2.46. The number of hydrogen-bond donors (Lipinski definition) is 4. The Hall–Kier alpha value is -2.28. The molecular weight excluding hydrogens is 300 g/mol. The normalized spacial score (nSPS) is 12.3. The Morgan fingerprint density at radius 2 is 1.91 bits per heavy atom. The number of carbonyl (C=O) groups excluding carboxylic acids is 1. The Balaban J connectivity index is 2.37. The van der Waals surface area contributed by atoms with Crippen molar-refractivity contribution in [1.29, 1.82) is 0 Å². The van der Waals surface area contributed by atoms with Crippen LogP contribution < -0.4 is 10.6 Å². The van der Waals surface area contributed by atoms with Crippen LogP contribution in [-0.4, -0.2) is 47.2 Å². The van der Waals surface area contributed by atoms with Crippen molar-refractivity contribution in [2.75, 3.05) is 13.2 Å². The largest absolute Gasteiger partial charge is 0.465 e. The lowest BCUT2D eigenvalue weighted by Gasteiger charge is -2.26. The topological polar surface area (TPSA) is 108 Å². The van der Waals surface area contributed by atoms with E-state index in [1.165, 1.54) is 0 Å². The van der Waals surface area contributed by atoms with Crippen molar-refractivity contribution in [3.63, 3.8) is 0 Å². The van der Waals surface area contributed by atoms with Gasteiger partial charge >= 0.3 is 12.2 Å². The smallest absolute Gasteiger partial charge is 0.407 e. The first-order valence-corrected chi connectivity index (χ1v) is 7.43. The van der Waals surface area contributed by atoms with E-state index < -0.39 is 30.4 Å². The van der Waals surface area contributed by atoms with Crippen LogP contribution in [0.25, 0.3) is 0 Å². The van der Waals surface area contributed by atoms with Gasteiger partial charge in [-0.1, -0.05) is 30.3 Å². The van der Waals surface area contributed by atoms with Crippen molar-refractivity contribution in [2.24, 2.45) is 0 Å². The first-order valence-electron chi connectivity index (χ1n) is 7.43. The summed E-state index contributed by atoms with van der Waals surface area (Å²) in [5.74, 6) is 0. The Kier molecular flexibility index (Phi) is 7.34. The highest BCUT2D eigenvalue weighted by molar-refractivity contribution is 5.68. The second kappa shape index (κ2) is 8.99. The number of carboxylic acid groups (broad SMARTS) is 1. The summed E-state index contributed by atoms with van der Waals surface area (Å²) in [5, 5.41) is 22.1.